The van der Waals surface area contributed by atoms with Gasteiger partial charge in [0.2, 0.25) is 0 Å². The molecule has 0 aromatic carbocycles. The molecule has 1 atom stereocenters. The normalized spacial score (nSPS) is 13.3. The van der Waals surface area contributed by atoms with Crippen LogP contribution in [0.5, 0.6) is 0 Å². The molecule has 0 radical (unpaired) electrons. The van der Waals surface area contributed by atoms with Crippen molar-refractivity contribution in [2.75, 3.05) is 6.61 Å². The monoisotopic (exact) mass is 815 g/mol. The highest BCUT2D eigenvalue weighted by Gasteiger charge is 2.36. The van der Waals surface area contributed by atoms with Crippen LogP contribution in [0, 0.1) is 27.6 Å². The summed E-state index contributed by atoms with van der Waals surface area (Å²) in [7, 11) is 0. The molecule has 2 nitrogen and oxygen atoms in total. The lowest BCUT2D eigenvalue weighted by molar-refractivity contribution is -0.139. The van der Waals surface area contributed by atoms with Gasteiger partial charge in [-0.25, -0.2) is 4.79 Å². The Morgan fingerprint density at radius 1 is 0.414 bits per heavy atom. The first kappa shape index (κ1) is 57.2. The fourth-order valence-electron chi connectivity index (χ4n) is 9.58. The van der Waals surface area contributed by atoms with Gasteiger partial charge in [-0.15, -0.1) is 0 Å². The van der Waals surface area contributed by atoms with Crippen LogP contribution in [0.4, 0.5) is 0 Å². The molecule has 58 heavy (non-hydrogen) atoms. The van der Waals surface area contributed by atoms with Gasteiger partial charge in [-0.05, 0) is 92.3 Å². The fourth-order valence-corrected chi connectivity index (χ4v) is 9.58. The van der Waals surface area contributed by atoms with E-state index >= 15 is 0 Å². The van der Waals surface area contributed by atoms with Crippen LogP contribution in [0.1, 0.15) is 307 Å². The number of hydrogen-bond donors (Lipinski definition) is 0. The van der Waals surface area contributed by atoms with Crippen molar-refractivity contribution < 1.29 is 9.53 Å². The Bertz CT molecular complexity index is 860. The molecule has 0 fully saturated rings. The summed E-state index contributed by atoms with van der Waals surface area (Å²) in [5, 5.41) is 0. The van der Waals surface area contributed by atoms with Gasteiger partial charge in [0, 0.05) is 5.57 Å². The minimum atomic E-state index is -0.214. The topological polar surface area (TPSA) is 26.3 Å². The van der Waals surface area contributed by atoms with Crippen molar-refractivity contribution in [2.24, 2.45) is 27.6 Å². The maximum Gasteiger partial charge on any atom is 0.333 e. The van der Waals surface area contributed by atoms with E-state index in [1.54, 1.807) is 6.92 Å². The Kier molecular flexibility index (Phi) is 34.3. The molecule has 0 N–H and O–H groups in total. The molecule has 0 aliphatic carbocycles. The highest BCUT2D eigenvalue weighted by molar-refractivity contribution is 5.86. The molecule has 0 heterocycles. The molecule has 0 bridgehead atoms. The molecular formula is C56H110O2. The van der Waals surface area contributed by atoms with Gasteiger partial charge in [-0.2, -0.15) is 0 Å². The summed E-state index contributed by atoms with van der Waals surface area (Å²) in [6.07, 6.45) is 49.7. The lowest BCUT2D eigenvalue weighted by Gasteiger charge is -2.43. The van der Waals surface area contributed by atoms with Crippen molar-refractivity contribution in [1.29, 1.82) is 0 Å². The van der Waals surface area contributed by atoms with Gasteiger partial charge < -0.3 is 4.74 Å². The third-order valence-electron chi connectivity index (χ3n) is 13.4. The van der Waals surface area contributed by atoms with Gasteiger partial charge in [0.05, 0.1) is 6.61 Å². The Morgan fingerprint density at radius 3 is 1.00 bits per heavy atom. The van der Waals surface area contributed by atoms with Crippen LogP contribution in [0.15, 0.2) is 12.2 Å². The van der Waals surface area contributed by atoms with Crippen LogP contribution in [-0.2, 0) is 9.53 Å². The Morgan fingerprint density at radius 2 is 0.690 bits per heavy atom. The lowest BCUT2D eigenvalue weighted by atomic mass is 9.62. The zero-order chi connectivity index (χ0) is 43.6. The summed E-state index contributed by atoms with van der Waals surface area (Å²) in [5.74, 6) is 0.531. The van der Waals surface area contributed by atoms with Gasteiger partial charge in [-0.3, -0.25) is 0 Å². The van der Waals surface area contributed by atoms with E-state index in [1.165, 1.54) is 225 Å². The second kappa shape index (κ2) is 34.8. The molecule has 0 aromatic heterocycles. The van der Waals surface area contributed by atoms with Crippen molar-refractivity contribution in [1.82, 2.24) is 0 Å². The maximum absolute atomic E-state index is 12.3. The number of carbonyl (C=O) groups excluding carboxylic acids is 1. The third-order valence-corrected chi connectivity index (χ3v) is 13.4. The van der Waals surface area contributed by atoms with E-state index in [0.29, 0.717) is 33.8 Å². The van der Waals surface area contributed by atoms with Crippen LogP contribution >= 0.6 is 0 Å². The number of carbonyl (C=O) groups is 1. The second-order valence-electron chi connectivity index (χ2n) is 23.3. The van der Waals surface area contributed by atoms with Crippen LogP contribution in [-0.4, -0.2) is 12.6 Å². The van der Waals surface area contributed by atoms with Gasteiger partial charge in [0.15, 0.2) is 0 Å². The smallest absolute Gasteiger partial charge is 0.333 e. The quantitative estimate of drug-likeness (QED) is 0.0350. The first-order chi connectivity index (χ1) is 27.4. The highest BCUT2D eigenvalue weighted by Crippen LogP contribution is 2.48. The first-order valence-corrected chi connectivity index (χ1v) is 26.2. The lowest BCUT2D eigenvalue weighted by Crippen LogP contribution is -2.32. The molecule has 346 valence electrons. The fraction of sp³-hybridized carbons (Fsp3) is 0.946. The van der Waals surface area contributed by atoms with E-state index < -0.39 is 0 Å². The van der Waals surface area contributed by atoms with E-state index in [1.807, 2.05) is 0 Å². The first-order valence-electron chi connectivity index (χ1n) is 26.2. The molecular weight excluding hydrogens is 705 g/mol. The zero-order valence-electron chi connectivity index (χ0n) is 42.3. The summed E-state index contributed by atoms with van der Waals surface area (Å²) in [5.41, 5.74) is 2.38. The third kappa shape index (κ3) is 37.0. The van der Waals surface area contributed by atoms with Gasteiger partial charge >= 0.3 is 5.97 Å². The number of rotatable bonds is 40. The maximum atomic E-state index is 12.3. The van der Waals surface area contributed by atoms with Gasteiger partial charge in [0.25, 0.3) is 0 Å². The predicted molar refractivity (Wildman–Crippen MR) is 262 cm³/mol. The van der Waals surface area contributed by atoms with Crippen molar-refractivity contribution in [3.05, 3.63) is 12.2 Å². The molecule has 0 amide bonds. The Hall–Kier alpha value is -0.790. The van der Waals surface area contributed by atoms with Crippen LogP contribution < -0.4 is 0 Å². The van der Waals surface area contributed by atoms with Crippen LogP contribution in [0.3, 0.4) is 0 Å². The largest absolute Gasteiger partial charge is 0.462 e. The van der Waals surface area contributed by atoms with E-state index in [4.69, 9.17) is 4.74 Å². The SMILES string of the molecule is C=C(C)C(=O)OCCCC(CCCCCCCC)C(CCCCCCCCCC(C)(C)C)(CCCCCCCCCC(C)(C)C)CCCCCCCCCC(C)(C)C. The van der Waals surface area contributed by atoms with E-state index in [2.05, 4.69) is 75.8 Å². The average molecular weight is 815 g/mol. The second-order valence-corrected chi connectivity index (χ2v) is 23.3. The molecule has 0 saturated heterocycles. The van der Waals surface area contributed by atoms with Crippen molar-refractivity contribution in [3.8, 4) is 0 Å². The molecule has 0 aliphatic rings. The molecule has 0 aliphatic heterocycles. The number of ether oxygens (including phenoxy) is 1. The summed E-state index contributed by atoms with van der Waals surface area (Å²) < 4.78 is 5.71. The standard InChI is InChI=1S/C56H110O2/c1-13-14-15-16-26-33-41-51(42-40-49-58-52(57)50(2)3)56(46-37-30-23-17-20-27-34-43-53(4,5)6,47-38-31-24-18-21-28-35-44-54(7,8)9)48-39-32-25-19-22-29-36-45-55(10,11)12/h51H,2,13-49H2,1,3-12H3. The van der Waals surface area contributed by atoms with Crippen molar-refractivity contribution in [2.45, 2.75) is 307 Å². The molecule has 0 spiro atoms. The van der Waals surface area contributed by atoms with Crippen LogP contribution in [0.2, 0.25) is 0 Å². The highest BCUT2D eigenvalue weighted by atomic mass is 16.5. The minimum Gasteiger partial charge on any atom is -0.462 e. The van der Waals surface area contributed by atoms with Crippen molar-refractivity contribution >= 4 is 5.97 Å². The molecule has 0 rings (SSSR count). The molecule has 2 heteroatoms. The molecule has 1 unspecified atom stereocenters. The van der Waals surface area contributed by atoms with E-state index in [-0.39, 0.29) is 5.97 Å². The number of hydrogen-bond acceptors (Lipinski definition) is 2. The Labute approximate surface area is 367 Å². The summed E-state index contributed by atoms with van der Waals surface area (Å²) >= 11 is 0. The minimum absolute atomic E-state index is 0.214. The molecule has 0 aromatic rings. The van der Waals surface area contributed by atoms with Crippen molar-refractivity contribution in [3.63, 3.8) is 0 Å². The summed E-state index contributed by atoms with van der Waals surface area (Å²) in [4.78, 5) is 12.3. The van der Waals surface area contributed by atoms with Gasteiger partial charge in [-0.1, -0.05) is 249 Å². The van der Waals surface area contributed by atoms with E-state index in [9.17, 15) is 4.79 Å². The Balaban J connectivity index is 5.88. The summed E-state index contributed by atoms with van der Waals surface area (Å²) in [6, 6.07) is 0. The average Bonchev–Trinajstić information content (AvgIpc) is 3.13. The number of esters is 1. The zero-order valence-corrected chi connectivity index (χ0v) is 42.3. The van der Waals surface area contributed by atoms with Gasteiger partial charge in [0.1, 0.15) is 0 Å². The number of unbranched alkanes of at least 4 members (excludes halogenated alkanes) is 23. The molecule has 0 saturated carbocycles. The predicted octanol–water partition coefficient (Wildman–Crippen LogP) is 19.9. The van der Waals surface area contributed by atoms with E-state index in [0.717, 1.165) is 12.3 Å². The summed E-state index contributed by atoms with van der Waals surface area (Å²) in [6.45, 7) is 30.0. The van der Waals surface area contributed by atoms with Crippen LogP contribution in [0.25, 0.3) is 0 Å².